The Morgan fingerprint density at radius 3 is 2.65 bits per heavy atom. The van der Waals surface area contributed by atoms with Crippen LogP contribution in [0.25, 0.3) is 0 Å². The van der Waals surface area contributed by atoms with Crippen LogP contribution in [-0.4, -0.2) is 48.3 Å². The fourth-order valence-electron chi connectivity index (χ4n) is 1.20. The lowest BCUT2D eigenvalue weighted by Gasteiger charge is -2.15. The Morgan fingerprint density at radius 1 is 1.35 bits per heavy atom. The number of hydrogen-bond donors (Lipinski definition) is 2. The van der Waals surface area contributed by atoms with Crippen LogP contribution >= 0.6 is 0 Å². The van der Waals surface area contributed by atoms with Gasteiger partial charge in [-0.1, -0.05) is 0 Å². The molecule has 0 radical (unpaired) electrons. The quantitative estimate of drug-likeness (QED) is 0.741. The monoisotopic (exact) mass is 240 g/mol. The normalized spacial score (nSPS) is 12.2. The molecule has 0 aliphatic rings. The van der Waals surface area contributed by atoms with E-state index in [0.717, 1.165) is 0 Å². The number of aromatic nitrogens is 3. The first-order valence-electron chi connectivity index (χ1n) is 5.56. The molecular weight excluding hydrogens is 220 g/mol. The molecule has 0 fully saturated rings. The molecule has 0 bridgehead atoms. The lowest BCUT2D eigenvalue weighted by atomic mass is 10.4. The van der Waals surface area contributed by atoms with Gasteiger partial charge in [-0.2, -0.15) is 15.0 Å². The van der Waals surface area contributed by atoms with Gasteiger partial charge in [-0.15, -0.1) is 0 Å². The van der Waals surface area contributed by atoms with E-state index in [9.17, 15) is 0 Å². The highest BCUT2D eigenvalue weighted by Gasteiger charge is 2.08. The first kappa shape index (κ1) is 13.4. The van der Waals surface area contributed by atoms with E-state index in [4.69, 9.17) is 10.5 Å². The van der Waals surface area contributed by atoms with Gasteiger partial charge in [-0.3, -0.25) is 0 Å². The molecule has 0 saturated heterocycles. The summed E-state index contributed by atoms with van der Waals surface area (Å²) in [4.78, 5) is 14.1. The van der Waals surface area contributed by atoms with Gasteiger partial charge in [0.15, 0.2) is 0 Å². The van der Waals surface area contributed by atoms with Gasteiger partial charge in [0.25, 0.3) is 0 Å². The molecule has 0 aliphatic heterocycles. The second kappa shape index (κ2) is 6.19. The maximum Gasteiger partial charge on any atom is 0.231 e. The summed E-state index contributed by atoms with van der Waals surface area (Å²) < 4.78 is 5.30. The molecule has 0 aliphatic carbocycles. The van der Waals surface area contributed by atoms with Crippen molar-refractivity contribution in [3.63, 3.8) is 0 Å². The highest BCUT2D eigenvalue weighted by atomic mass is 16.5. The van der Waals surface area contributed by atoms with Gasteiger partial charge < -0.3 is 20.7 Å². The van der Waals surface area contributed by atoms with Crippen molar-refractivity contribution in [1.82, 2.24) is 15.0 Å². The number of nitrogen functional groups attached to an aromatic ring is 1. The van der Waals surface area contributed by atoms with Crippen LogP contribution in [0.5, 0.6) is 0 Å². The lowest BCUT2D eigenvalue weighted by molar-refractivity contribution is 0.141. The number of ether oxygens (including phenoxy) is 1. The summed E-state index contributed by atoms with van der Waals surface area (Å²) in [5, 5.41) is 3.12. The zero-order valence-corrected chi connectivity index (χ0v) is 10.8. The Labute approximate surface area is 101 Å². The molecule has 0 saturated carbocycles. The van der Waals surface area contributed by atoms with Crippen LogP contribution in [-0.2, 0) is 4.74 Å². The van der Waals surface area contributed by atoms with Gasteiger partial charge in [-0.25, -0.2) is 0 Å². The fraction of sp³-hybridized carbons (Fsp3) is 0.700. The average molecular weight is 240 g/mol. The first-order chi connectivity index (χ1) is 8.02. The Bertz CT molecular complexity index is 357. The lowest BCUT2D eigenvalue weighted by Crippen LogP contribution is -2.24. The Morgan fingerprint density at radius 2 is 2.06 bits per heavy atom. The molecule has 1 heterocycles. The second-order valence-corrected chi connectivity index (χ2v) is 3.92. The van der Waals surface area contributed by atoms with Crippen LogP contribution in [0.4, 0.5) is 17.8 Å². The van der Waals surface area contributed by atoms with E-state index >= 15 is 0 Å². The average Bonchev–Trinajstić information content (AvgIpc) is 2.25. The highest BCUT2D eigenvalue weighted by molar-refractivity contribution is 5.41. The minimum absolute atomic E-state index is 0.117. The fourth-order valence-corrected chi connectivity index (χ4v) is 1.20. The molecule has 1 aromatic rings. The molecule has 0 spiro atoms. The van der Waals surface area contributed by atoms with Crippen molar-refractivity contribution in [2.45, 2.75) is 19.9 Å². The smallest absolute Gasteiger partial charge is 0.231 e. The molecule has 1 unspecified atom stereocenters. The molecule has 96 valence electrons. The summed E-state index contributed by atoms with van der Waals surface area (Å²) >= 11 is 0. The van der Waals surface area contributed by atoms with Gasteiger partial charge in [0.1, 0.15) is 0 Å². The summed E-state index contributed by atoms with van der Waals surface area (Å²) in [6, 6.07) is 0.117. The minimum atomic E-state index is 0.117. The zero-order valence-electron chi connectivity index (χ0n) is 10.8. The number of nitrogens with two attached hydrogens (primary N) is 1. The topological polar surface area (TPSA) is 89.2 Å². The number of hydrogen-bond acceptors (Lipinski definition) is 7. The minimum Gasteiger partial charge on any atom is -0.380 e. The summed E-state index contributed by atoms with van der Waals surface area (Å²) in [5.74, 6) is 1.20. The SMILES string of the molecule is CCOCC(C)Nc1nc(N)nc(N(C)C)n1. The van der Waals surface area contributed by atoms with E-state index in [-0.39, 0.29) is 12.0 Å². The van der Waals surface area contributed by atoms with Crippen LogP contribution in [0.3, 0.4) is 0 Å². The second-order valence-electron chi connectivity index (χ2n) is 3.92. The van der Waals surface area contributed by atoms with E-state index in [1.54, 1.807) is 4.90 Å². The van der Waals surface area contributed by atoms with Crippen molar-refractivity contribution in [1.29, 1.82) is 0 Å². The van der Waals surface area contributed by atoms with Crippen LogP contribution in [0, 0.1) is 0 Å². The highest BCUT2D eigenvalue weighted by Crippen LogP contribution is 2.09. The molecule has 0 aromatic carbocycles. The standard InChI is InChI=1S/C10H20N6O/c1-5-17-6-7(2)12-9-13-8(11)14-10(15-9)16(3)4/h7H,5-6H2,1-4H3,(H3,11,12,13,14,15). The third kappa shape index (κ3) is 4.39. The number of nitrogens with one attached hydrogen (secondary N) is 1. The van der Waals surface area contributed by atoms with Crippen LogP contribution in [0.2, 0.25) is 0 Å². The summed E-state index contributed by atoms with van der Waals surface area (Å²) in [7, 11) is 3.70. The molecule has 17 heavy (non-hydrogen) atoms. The molecule has 3 N–H and O–H groups in total. The maximum atomic E-state index is 5.61. The Kier molecular flexibility index (Phi) is 4.89. The molecule has 1 atom stereocenters. The molecular formula is C10H20N6O. The molecule has 1 rings (SSSR count). The van der Waals surface area contributed by atoms with Crippen molar-refractivity contribution in [2.75, 3.05) is 43.3 Å². The Balaban J connectivity index is 2.70. The summed E-state index contributed by atoms with van der Waals surface area (Å²) in [6.45, 7) is 5.23. The van der Waals surface area contributed by atoms with E-state index in [2.05, 4.69) is 20.3 Å². The van der Waals surface area contributed by atoms with Crippen LogP contribution < -0.4 is 16.0 Å². The van der Waals surface area contributed by atoms with Gasteiger partial charge in [0.2, 0.25) is 17.8 Å². The summed E-state index contributed by atoms with van der Waals surface area (Å²) in [6.07, 6.45) is 0. The van der Waals surface area contributed by atoms with Crippen molar-refractivity contribution < 1.29 is 4.74 Å². The summed E-state index contributed by atoms with van der Waals surface area (Å²) in [5.41, 5.74) is 5.61. The Hall–Kier alpha value is -1.63. The van der Waals surface area contributed by atoms with Crippen molar-refractivity contribution >= 4 is 17.8 Å². The molecule has 1 aromatic heterocycles. The third-order valence-corrected chi connectivity index (χ3v) is 1.99. The van der Waals surface area contributed by atoms with Crippen LogP contribution in [0.1, 0.15) is 13.8 Å². The maximum absolute atomic E-state index is 5.61. The van der Waals surface area contributed by atoms with Crippen LogP contribution in [0.15, 0.2) is 0 Å². The van der Waals surface area contributed by atoms with Gasteiger partial charge in [0.05, 0.1) is 6.61 Å². The van der Waals surface area contributed by atoms with Crippen molar-refractivity contribution in [2.24, 2.45) is 0 Å². The van der Waals surface area contributed by atoms with Gasteiger partial charge in [0, 0.05) is 26.7 Å². The molecule has 7 nitrogen and oxygen atoms in total. The third-order valence-electron chi connectivity index (χ3n) is 1.99. The number of anilines is 3. The van der Waals surface area contributed by atoms with E-state index < -0.39 is 0 Å². The van der Waals surface area contributed by atoms with E-state index in [1.165, 1.54) is 0 Å². The van der Waals surface area contributed by atoms with Crippen molar-refractivity contribution in [3.05, 3.63) is 0 Å². The van der Waals surface area contributed by atoms with Gasteiger partial charge >= 0.3 is 0 Å². The zero-order chi connectivity index (χ0) is 12.8. The largest absolute Gasteiger partial charge is 0.380 e. The number of rotatable bonds is 6. The van der Waals surface area contributed by atoms with Gasteiger partial charge in [-0.05, 0) is 13.8 Å². The van der Waals surface area contributed by atoms with E-state index in [0.29, 0.717) is 25.1 Å². The first-order valence-corrected chi connectivity index (χ1v) is 5.56. The van der Waals surface area contributed by atoms with Crippen molar-refractivity contribution in [3.8, 4) is 0 Å². The molecule has 0 amide bonds. The van der Waals surface area contributed by atoms with E-state index in [1.807, 2.05) is 27.9 Å². The molecule has 7 heteroatoms. The number of nitrogens with zero attached hydrogens (tertiary/aromatic N) is 4. The predicted molar refractivity (Wildman–Crippen MR) is 68.1 cm³/mol. The predicted octanol–water partition coefficient (Wildman–Crippen LogP) is 0.357.